The van der Waals surface area contributed by atoms with E-state index < -0.39 is 0 Å². The number of hydrogen-bond acceptors (Lipinski definition) is 3. The van der Waals surface area contributed by atoms with Crippen LogP contribution in [0.5, 0.6) is 0 Å². The minimum absolute atomic E-state index is 0.0354. The zero-order valence-corrected chi connectivity index (χ0v) is 12.8. The summed E-state index contributed by atoms with van der Waals surface area (Å²) in [6, 6.07) is 13.4. The molecule has 0 unspecified atom stereocenters. The fourth-order valence-electron chi connectivity index (χ4n) is 2.66. The molecule has 0 saturated carbocycles. The first-order chi connectivity index (χ1) is 11.1. The Bertz CT molecular complexity index is 995. The number of carbonyl (C=O) groups is 1. The molecule has 6 nitrogen and oxygen atoms in total. The lowest BCUT2D eigenvalue weighted by Gasteiger charge is -2.09. The zero-order valence-electron chi connectivity index (χ0n) is 12.8. The van der Waals surface area contributed by atoms with E-state index in [0.29, 0.717) is 11.4 Å². The van der Waals surface area contributed by atoms with Crippen LogP contribution in [0.4, 0.5) is 0 Å². The van der Waals surface area contributed by atoms with E-state index in [1.165, 1.54) is 0 Å². The second-order valence-electron chi connectivity index (χ2n) is 5.63. The lowest BCUT2D eigenvalue weighted by Crippen LogP contribution is -2.21. The molecule has 2 heterocycles. The molecule has 2 N–H and O–H groups in total. The van der Waals surface area contributed by atoms with Crippen molar-refractivity contribution in [1.82, 2.24) is 25.1 Å². The van der Waals surface area contributed by atoms with Crippen molar-refractivity contribution in [3.8, 4) is 11.5 Å². The van der Waals surface area contributed by atoms with Crippen molar-refractivity contribution < 1.29 is 4.79 Å². The summed E-state index contributed by atoms with van der Waals surface area (Å²) in [4.78, 5) is 21.5. The number of benzene rings is 2. The molecule has 114 valence electrons. The normalized spacial score (nSPS) is 11.2. The van der Waals surface area contributed by atoms with Gasteiger partial charge in [-0.25, -0.2) is 4.98 Å². The average molecular weight is 305 g/mol. The molecule has 1 amide bonds. The van der Waals surface area contributed by atoms with E-state index in [2.05, 4.69) is 20.2 Å². The maximum atomic E-state index is 12.1. The Kier molecular flexibility index (Phi) is 2.90. The van der Waals surface area contributed by atoms with Gasteiger partial charge in [0, 0.05) is 25.0 Å². The van der Waals surface area contributed by atoms with Crippen molar-refractivity contribution in [2.45, 2.75) is 0 Å². The monoisotopic (exact) mass is 305 g/mol. The second kappa shape index (κ2) is 4.95. The molecule has 0 aliphatic heterocycles. The van der Waals surface area contributed by atoms with Gasteiger partial charge in [-0.05, 0) is 30.3 Å². The van der Waals surface area contributed by atoms with Crippen molar-refractivity contribution in [3.05, 3.63) is 48.0 Å². The number of fused-ring (bicyclic) bond motifs is 2. The van der Waals surface area contributed by atoms with Crippen LogP contribution in [0.1, 0.15) is 10.4 Å². The van der Waals surface area contributed by atoms with E-state index in [1.807, 2.05) is 42.5 Å². The molecule has 0 saturated heterocycles. The molecule has 0 aliphatic carbocycles. The van der Waals surface area contributed by atoms with E-state index in [4.69, 9.17) is 0 Å². The van der Waals surface area contributed by atoms with E-state index in [1.54, 1.807) is 19.0 Å². The number of aromatic amines is 2. The first-order valence-corrected chi connectivity index (χ1v) is 7.28. The molecule has 6 heteroatoms. The summed E-state index contributed by atoms with van der Waals surface area (Å²) < 4.78 is 0. The summed E-state index contributed by atoms with van der Waals surface area (Å²) in [5.74, 6) is 0.677. The van der Waals surface area contributed by atoms with Gasteiger partial charge in [-0.1, -0.05) is 12.1 Å². The number of imidazole rings is 1. The molecule has 0 bridgehead atoms. The molecule has 23 heavy (non-hydrogen) atoms. The molecule has 0 radical (unpaired) electrons. The van der Waals surface area contributed by atoms with Gasteiger partial charge in [0.05, 0.1) is 16.6 Å². The largest absolute Gasteiger partial charge is 0.345 e. The van der Waals surface area contributed by atoms with Gasteiger partial charge in [0.2, 0.25) is 0 Å². The topological polar surface area (TPSA) is 77.7 Å². The highest BCUT2D eigenvalue weighted by atomic mass is 16.2. The van der Waals surface area contributed by atoms with Crippen LogP contribution in [-0.2, 0) is 0 Å². The minimum atomic E-state index is -0.0354. The highest BCUT2D eigenvalue weighted by Crippen LogP contribution is 2.26. The van der Waals surface area contributed by atoms with Crippen LogP contribution < -0.4 is 0 Å². The van der Waals surface area contributed by atoms with Gasteiger partial charge in [0.15, 0.2) is 5.82 Å². The van der Waals surface area contributed by atoms with Crippen molar-refractivity contribution in [2.24, 2.45) is 0 Å². The maximum Gasteiger partial charge on any atom is 0.253 e. The van der Waals surface area contributed by atoms with Crippen molar-refractivity contribution in [3.63, 3.8) is 0 Å². The van der Waals surface area contributed by atoms with Gasteiger partial charge in [-0.2, -0.15) is 5.10 Å². The molecule has 0 fully saturated rings. The Balaban J connectivity index is 1.83. The Hall–Kier alpha value is -3.15. The van der Waals surface area contributed by atoms with Gasteiger partial charge in [-0.3, -0.25) is 9.89 Å². The fraction of sp³-hybridized carbons (Fsp3) is 0.118. The number of hydrogen-bond donors (Lipinski definition) is 2. The summed E-state index contributed by atoms with van der Waals surface area (Å²) in [6.45, 7) is 0. The van der Waals surface area contributed by atoms with Crippen molar-refractivity contribution >= 4 is 27.8 Å². The van der Waals surface area contributed by atoms with E-state index in [9.17, 15) is 4.79 Å². The van der Waals surface area contributed by atoms with Gasteiger partial charge < -0.3 is 9.88 Å². The molecule has 0 aliphatic rings. The first-order valence-electron chi connectivity index (χ1n) is 7.28. The van der Waals surface area contributed by atoms with Crippen LogP contribution in [0.3, 0.4) is 0 Å². The predicted molar refractivity (Wildman–Crippen MR) is 89.2 cm³/mol. The quantitative estimate of drug-likeness (QED) is 0.598. The number of amides is 1. The Labute approximate surface area is 132 Å². The summed E-state index contributed by atoms with van der Waals surface area (Å²) in [6.07, 6.45) is 0. The predicted octanol–water partition coefficient (Wildman–Crippen LogP) is 2.81. The smallest absolute Gasteiger partial charge is 0.253 e. The lowest BCUT2D eigenvalue weighted by atomic mass is 10.1. The Morgan fingerprint density at radius 3 is 2.70 bits per heavy atom. The summed E-state index contributed by atoms with van der Waals surface area (Å²) in [5, 5.41) is 8.28. The number of H-pyrrole nitrogens is 2. The highest BCUT2D eigenvalue weighted by molar-refractivity contribution is 6.00. The first kappa shape index (κ1) is 13.5. The molecule has 0 atom stereocenters. The summed E-state index contributed by atoms with van der Waals surface area (Å²) in [7, 11) is 3.47. The Morgan fingerprint density at radius 2 is 1.91 bits per heavy atom. The average Bonchev–Trinajstić information content (AvgIpc) is 3.16. The van der Waals surface area contributed by atoms with E-state index >= 15 is 0 Å². The van der Waals surface area contributed by atoms with Crippen LogP contribution in [0.25, 0.3) is 33.5 Å². The molecule has 2 aromatic heterocycles. The third-order valence-corrected chi connectivity index (χ3v) is 3.83. The second-order valence-corrected chi connectivity index (χ2v) is 5.63. The van der Waals surface area contributed by atoms with Crippen LogP contribution in [-0.4, -0.2) is 45.1 Å². The van der Waals surface area contributed by atoms with E-state index in [0.717, 1.165) is 27.6 Å². The van der Waals surface area contributed by atoms with Crippen LogP contribution in [0, 0.1) is 0 Å². The van der Waals surface area contributed by atoms with Crippen LogP contribution >= 0.6 is 0 Å². The molecule has 4 rings (SSSR count). The molecule has 4 aromatic rings. The van der Waals surface area contributed by atoms with Crippen LogP contribution in [0.15, 0.2) is 42.5 Å². The van der Waals surface area contributed by atoms with Gasteiger partial charge in [0.25, 0.3) is 5.91 Å². The number of nitrogens with zero attached hydrogens (tertiary/aromatic N) is 3. The molecule has 2 aromatic carbocycles. The SMILES string of the molecule is CN(C)C(=O)c1ccc2c(-c3nc4ccccc4[nH]3)n[nH]c2c1. The van der Waals surface area contributed by atoms with E-state index in [-0.39, 0.29) is 5.91 Å². The lowest BCUT2D eigenvalue weighted by molar-refractivity contribution is 0.0828. The van der Waals surface area contributed by atoms with Gasteiger partial charge >= 0.3 is 0 Å². The molecular formula is C17H15N5O. The number of rotatable bonds is 2. The summed E-state index contributed by atoms with van der Waals surface area (Å²) in [5.41, 5.74) is 4.06. The number of para-hydroxylation sites is 2. The van der Waals surface area contributed by atoms with Crippen molar-refractivity contribution in [1.29, 1.82) is 0 Å². The third-order valence-electron chi connectivity index (χ3n) is 3.83. The zero-order chi connectivity index (χ0) is 16.0. The molecular weight excluding hydrogens is 290 g/mol. The minimum Gasteiger partial charge on any atom is -0.345 e. The third kappa shape index (κ3) is 2.15. The molecule has 0 spiro atoms. The Morgan fingerprint density at radius 1 is 1.09 bits per heavy atom. The standard InChI is InChI=1S/C17H15N5O/c1-22(2)17(23)10-7-8-11-14(9-10)20-21-15(11)16-18-12-5-3-4-6-13(12)19-16/h3-9H,1-2H3,(H,18,19)(H,20,21). The van der Waals surface area contributed by atoms with Crippen LogP contribution in [0.2, 0.25) is 0 Å². The van der Waals surface area contributed by atoms with Crippen molar-refractivity contribution in [2.75, 3.05) is 14.1 Å². The fourth-order valence-corrected chi connectivity index (χ4v) is 2.66. The number of aromatic nitrogens is 4. The number of carbonyl (C=O) groups excluding carboxylic acids is 1. The maximum absolute atomic E-state index is 12.1. The summed E-state index contributed by atoms with van der Waals surface area (Å²) >= 11 is 0. The number of nitrogens with one attached hydrogen (secondary N) is 2. The highest BCUT2D eigenvalue weighted by Gasteiger charge is 2.15. The van der Waals surface area contributed by atoms with Gasteiger partial charge in [-0.15, -0.1) is 0 Å². The van der Waals surface area contributed by atoms with Gasteiger partial charge in [0.1, 0.15) is 5.69 Å².